The number of aryl methyl sites for hydroxylation is 1. The van der Waals surface area contributed by atoms with Crippen molar-refractivity contribution >= 4 is 11.0 Å². The molecule has 0 spiro atoms. The van der Waals surface area contributed by atoms with E-state index in [2.05, 4.69) is 87.5 Å². The van der Waals surface area contributed by atoms with E-state index >= 15 is 0 Å². The number of fused-ring (bicyclic) bond motifs is 2. The number of hydrogen-bond acceptors (Lipinski definition) is 5. The first-order valence-corrected chi connectivity index (χ1v) is 13.5. The fraction of sp³-hybridized carbons (Fsp3) is 0.281. The van der Waals surface area contributed by atoms with Gasteiger partial charge in [-0.25, -0.2) is 4.98 Å². The van der Waals surface area contributed by atoms with E-state index in [0.717, 1.165) is 56.1 Å². The molecule has 1 aliphatic rings. The lowest BCUT2D eigenvalue weighted by atomic mass is 9.91. The monoisotopic (exact) mass is 502 g/mol. The van der Waals surface area contributed by atoms with Crippen LogP contribution in [0.3, 0.4) is 0 Å². The Bertz CT molecular complexity index is 1490. The lowest BCUT2D eigenvalue weighted by molar-refractivity contribution is 0.202. The van der Waals surface area contributed by atoms with Crippen molar-refractivity contribution in [3.8, 4) is 0 Å². The zero-order valence-electron chi connectivity index (χ0n) is 21.9. The van der Waals surface area contributed by atoms with Crippen molar-refractivity contribution in [3.05, 3.63) is 125 Å². The van der Waals surface area contributed by atoms with Crippen LogP contribution in [0, 0.1) is 0 Å². The van der Waals surface area contributed by atoms with Crippen LogP contribution in [0.15, 0.2) is 91.3 Å². The van der Waals surface area contributed by atoms with Crippen molar-refractivity contribution in [2.75, 3.05) is 7.05 Å². The van der Waals surface area contributed by atoms with Gasteiger partial charge in [0.2, 0.25) is 0 Å². The van der Waals surface area contributed by atoms with Crippen LogP contribution in [-0.2, 0) is 32.6 Å². The standard InChI is InChI=1S/C32H34N6/c1-37(30-13-6-8-26-9-7-19-35-32(26)30)23-31-36-28-11-2-3-12-29(28)38(31)22-25-16-14-24(15-17-25)20-33-21-27-10-4-5-18-34-27/h2-5,7,9-12,14-19,30,33H,6,8,13,20-23H2,1H3. The highest BCUT2D eigenvalue weighted by Gasteiger charge is 2.26. The molecule has 1 unspecified atom stereocenters. The Kier molecular flexibility index (Phi) is 7.25. The van der Waals surface area contributed by atoms with Crippen LogP contribution in [0.5, 0.6) is 0 Å². The van der Waals surface area contributed by atoms with E-state index < -0.39 is 0 Å². The summed E-state index contributed by atoms with van der Waals surface area (Å²) in [4.78, 5) is 16.6. The summed E-state index contributed by atoms with van der Waals surface area (Å²) < 4.78 is 2.38. The van der Waals surface area contributed by atoms with Crippen LogP contribution in [0.2, 0.25) is 0 Å². The van der Waals surface area contributed by atoms with Gasteiger partial charge in [-0.3, -0.25) is 14.9 Å². The molecule has 0 saturated heterocycles. The van der Waals surface area contributed by atoms with E-state index in [1.807, 2.05) is 30.6 Å². The largest absolute Gasteiger partial charge is 0.322 e. The molecule has 38 heavy (non-hydrogen) atoms. The van der Waals surface area contributed by atoms with Crippen LogP contribution in [0.1, 0.15) is 52.8 Å². The fourth-order valence-electron chi connectivity index (χ4n) is 5.55. The number of pyridine rings is 2. The van der Waals surface area contributed by atoms with E-state index in [1.165, 1.54) is 34.3 Å². The number of rotatable bonds is 9. The van der Waals surface area contributed by atoms with E-state index in [9.17, 15) is 0 Å². The third-order valence-electron chi connectivity index (χ3n) is 7.55. The summed E-state index contributed by atoms with van der Waals surface area (Å²) in [6.45, 7) is 3.16. The molecule has 1 atom stereocenters. The Morgan fingerprint density at radius 1 is 0.868 bits per heavy atom. The Morgan fingerprint density at radius 2 is 1.68 bits per heavy atom. The highest BCUT2D eigenvalue weighted by atomic mass is 15.2. The van der Waals surface area contributed by atoms with E-state index in [1.54, 1.807) is 0 Å². The summed E-state index contributed by atoms with van der Waals surface area (Å²) in [6, 6.07) is 28.0. The lowest BCUT2D eigenvalue weighted by Crippen LogP contribution is -2.29. The molecule has 6 nitrogen and oxygen atoms in total. The lowest BCUT2D eigenvalue weighted by Gasteiger charge is -2.32. The number of nitrogens with zero attached hydrogens (tertiary/aromatic N) is 5. The van der Waals surface area contributed by atoms with Crippen molar-refractivity contribution < 1.29 is 0 Å². The first kappa shape index (κ1) is 24.5. The van der Waals surface area contributed by atoms with Gasteiger partial charge >= 0.3 is 0 Å². The predicted molar refractivity (Wildman–Crippen MR) is 151 cm³/mol. The predicted octanol–water partition coefficient (Wildman–Crippen LogP) is 5.67. The second-order valence-electron chi connectivity index (χ2n) is 10.2. The quantitative estimate of drug-likeness (QED) is 0.281. The molecule has 1 N–H and O–H groups in total. The van der Waals surface area contributed by atoms with E-state index in [-0.39, 0.29) is 0 Å². The molecule has 0 fully saturated rings. The molecule has 3 heterocycles. The van der Waals surface area contributed by atoms with E-state index in [4.69, 9.17) is 9.97 Å². The zero-order chi connectivity index (χ0) is 25.7. The Balaban J connectivity index is 1.18. The van der Waals surface area contributed by atoms with Crippen molar-refractivity contribution in [3.63, 3.8) is 0 Å². The normalized spacial score (nSPS) is 15.2. The maximum absolute atomic E-state index is 5.07. The molecule has 192 valence electrons. The van der Waals surface area contributed by atoms with E-state index in [0.29, 0.717) is 6.04 Å². The molecule has 1 aliphatic carbocycles. The first-order valence-electron chi connectivity index (χ1n) is 13.5. The second kappa shape index (κ2) is 11.3. The first-order chi connectivity index (χ1) is 18.7. The van der Waals surface area contributed by atoms with Crippen molar-refractivity contribution in [1.29, 1.82) is 0 Å². The molecule has 6 heteroatoms. The third kappa shape index (κ3) is 5.37. The van der Waals surface area contributed by atoms with Crippen molar-refractivity contribution in [2.45, 2.75) is 51.5 Å². The van der Waals surface area contributed by atoms with Gasteiger partial charge in [0, 0.05) is 32.0 Å². The molecule has 0 bridgehead atoms. The molecule has 2 aromatic carbocycles. The number of aromatic nitrogens is 4. The van der Waals surface area contributed by atoms with Crippen LogP contribution in [0.4, 0.5) is 0 Å². The number of nitrogens with one attached hydrogen (secondary N) is 1. The number of para-hydroxylation sites is 2. The van der Waals surface area contributed by atoms with Gasteiger partial charge in [-0.2, -0.15) is 0 Å². The number of imidazole rings is 1. The van der Waals surface area contributed by atoms with Gasteiger partial charge in [-0.05, 0) is 73.3 Å². The van der Waals surface area contributed by atoms with Crippen LogP contribution in [-0.4, -0.2) is 31.5 Å². The summed E-state index contributed by atoms with van der Waals surface area (Å²) in [5.74, 6) is 1.10. The molecule has 0 saturated carbocycles. The molecular formula is C32H34N6. The summed E-state index contributed by atoms with van der Waals surface area (Å²) in [5, 5.41) is 3.49. The van der Waals surface area contributed by atoms with Crippen LogP contribution in [0.25, 0.3) is 11.0 Å². The molecule has 3 aromatic heterocycles. The van der Waals surface area contributed by atoms with Gasteiger partial charge < -0.3 is 9.88 Å². The smallest absolute Gasteiger partial charge is 0.124 e. The summed E-state index contributed by atoms with van der Waals surface area (Å²) in [6.07, 6.45) is 7.23. The molecule has 0 amide bonds. The average molecular weight is 503 g/mol. The molecular weight excluding hydrogens is 468 g/mol. The summed E-state index contributed by atoms with van der Waals surface area (Å²) in [5.41, 5.74) is 8.45. The minimum absolute atomic E-state index is 0.325. The zero-order valence-corrected chi connectivity index (χ0v) is 21.9. The van der Waals surface area contributed by atoms with Crippen molar-refractivity contribution in [2.24, 2.45) is 0 Å². The van der Waals surface area contributed by atoms with Crippen LogP contribution < -0.4 is 5.32 Å². The topological polar surface area (TPSA) is 58.9 Å². The molecule has 0 radical (unpaired) electrons. The second-order valence-corrected chi connectivity index (χ2v) is 10.2. The SMILES string of the molecule is CN(Cc1nc2ccccc2n1Cc1ccc(CNCc2ccccn2)cc1)C1CCCc2cccnc21. The Hall–Kier alpha value is -3.87. The molecule has 0 aliphatic heterocycles. The minimum atomic E-state index is 0.325. The summed E-state index contributed by atoms with van der Waals surface area (Å²) >= 11 is 0. The maximum Gasteiger partial charge on any atom is 0.124 e. The molecule has 6 rings (SSSR count). The highest BCUT2D eigenvalue weighted by molar-refractivity contribution is 5.76. The third-order valence-corrected chi connectivity index (χ3v) is 7.55. The number of hydrogen-bond donors (Lipinski definition) is 1. The fourth-order valence-corrected chi connectivity index (χ4v) is 5.55. The highest BCUT2D eigenvalue weighted by Crippen LogP contribution is 2.33. The number of benzene rings is 2. The Morgan fingerprint density at radius 3 is 2.55 bits per heavy atom. The van der Waals surface area contributed by atoms with Gasteiger partial charge in [0.1, 0.15) is 5.82 Å². The van der Waals surface area contributed by atoms with Gasteiger partial charge in [-0.15, -0.1) is 0 Å². The summed E-state index contributed by atoms with van der Waals surface area (Å²) in [7, 11) is 2.21. The van der Waals surface area contributed by atoms with Gasteiger partial charge in [-0.1, -0.05) is 48.5 Å². The van der Waals surface area contributed by atoms with Gasteiger partial charge in [0.05, 0.1) is 35.0 Å². The van der Waals surface area contributed by atoms with Crippen molar-refractivity contribution in [1.82, 2.24) is 29.7 Å². The average Bonchev–Trinajstić information content (AvgIpc) is 3.30. The molecule has 5 aromatic rings. The maximum atomic E-state index is 5.07. The minimum Gasteiger partial charge on any atom is -0.322 e. The van der Waals surface area contributed by atoms with Gasteiger partial charge in [0.15, 0.2) is 0 Å². The van der Waals surface area contributed by atoms with Crippen LogP contribution >= 0.6 is 0 Å². The van der Waals surface area contributed by atoms with Gasteiger partial charge in [0.25, 0.3) is 0 Å². The Labute approximate surface area is 224 Å².